The molecule has 1 nitrogen and oxygen atoms in total. The van der Waals surface area contributed by atoms with Crippen LogP contribution in [0, 0.1) is 6.08 Å². The number of fused-ring (bicyclic) bond motifs is 5. The van der Waals surface area contributed by atoms with Gasteiger partial charge in [0.2, 0.25) is 0 Å². The van der Waals surface area contributed by atoms with Crippen LogP contribution >= 0.6 is 15.9 Å². The van der Waals surface area contributed by atoms with Crippen LogP contribution in [-0.2, 0) is 0 Å². The Bertz CT molecular complexity index is 1150. The minimum atomic E-state index is 0.979. The molecule has 0 amide bonds. The largest absolute Gasteiger partial charge is 0.306 e. The molecule has 2 heteroatoms. The van der Waals surface area contributed by atoms with Crippen LogP contribution in [0.25, 0.3) is 39.6 Å². The zero-order valence-corrected chi connectivity index (χ0v) is 14.4. The molecule has 0 atom stereocenters. The van der Waals surface area contributed by atoms with Gasteiger partial charge in [0.25, 0.3) is 0 Å². The van der Waals surface area contributed by atoms with E-state index in [2.05, 4.69) is 99.4 Å². The Morgan fingerprint density at radius 1 is 0.792 bits per heavy atom. The summed E-state index contributed by atoms with van der Waals surface area (Å²) in [6, 6.07) is 23.6. The number of para-hydroxylation sites is 2. The second kappa shape index (κ2) is 5.17. The molecule has 0 aliphatic heterocycles. The van der Waals surface area contributed by atoms with Crippen LogP contribution in [0.4, 0.5) is 0 Å². The Kier molecular flexibility index (Phi) is 2.96. The number of nitrogens with zero attached hydrogens (tertiary/aromatic N) is 1. The molecule has 0 saturated heterocycles. The van der Waals surface area contributed by atoms with Gasteiger partial charge in [-0.2, -0.15) is 0 Å². The molecule has 5 rings (SSSR count). The molecule has 1 aromatic heterocycles. The van der Waals surface area contributed by atoms with Gasteiger partial charge < -0.3 is 4.57 Å². The molecule has 3 aromatic carbocycles. The quantitative estimate of drug-likeness (QED) is 0.344. The second-order valence-electron chi connectivity index (χ2n) is 5.93. The number of rotatable bonds is 1. The summed E-state index contributed by atoms with van der Waals surface area (Å²) in [5.41, 5.74) is 6.09. The summed E-state index contributed by atoms with van der Waals surface area (Å²) < 4.78 is 3.34. The maximum atomic E-state index is 3.58. The van der Waals surface area contributed by atoms with Crippen molar-refractivity contribution in [2.75, 3.05) is 0 Å². The Hall–Kier alpha value is -2.67. The van der Waals surface area contributed by atoms with E-state index in [1.165, 1.54) is 38.6 Å². The molecular formula is C22H13BrN+. The maximum absolute atomic E-state index is 3.58. The van der Waals surface area contributed by atoms with E-state index in [0.29, 0.717) is 0 Å². The first-order valence-corrected chi connectivity index (χ1v) is 8.71. The highest BCUT2D eigenvalue weighted by Crippen LogP contribution is 2.38. The number of hydrogen-bond acceptors (Lipinski definition) is 0. The summed E-state index contributed by atoms with van der Waals surface area (Å²) in [6.45, 7) is 0. The second-order valence-corrected chi connectivity index (χ2v) is 6.79. The third kappa shape index (κ3) is 1.91. The van der Waals surface area contributed by atoms with Crippen LogP contribution in [-0.4, -0.2) is 4.57 Å². The van der Waals surface area contributed by atoms with Crippen molar-refractivity contribution in [3.05, 3.63) is 88.4 Å². The summed E-state index contributed by atoms with van der Waals surface area (Å²) >= 11 is 3.58. The average molecular weight is 371 g/mol. The lowest BCUT2D eigenvalue weighted by molar-refractivity contribution is 1.18. The lowest BCUT2D eigenvalue weighted by atomic mass is 9.99. The zero-order chi connectivity index (χ0) is 16.1. The van der Waals surface area contributed by atoms with Crippen molar-refractivity contribution >= 4 is 49.9 Å². The van der Waals surface area contributed by atoms with Gasteiger partial charge in [-0.1, -0.05) is 36.4 Å². The molecule has 24 heavy (non-hydrogen) atoms. The molecule has 0 spiro atoms. The molecule has 0 unspecified atom stereocenters. The van der Waals surface area contributed by atoms with Gasteiger partial charge in [0, 0.05) is 22.5 Å². The number of benzene rings is 3. The summed E-state index contributed by atoms with van der Waals surface area (Å²) in [7, 11) is 0. The van der Waals surface area contributed by atoms with Gasteiger partial charge >= 0.3 is 0 Å². The minimum Gasteiger partial charge on any atom is -0.306 e. The maximum Gasteiger partial charge on any atom is 0.181 e. The van der Waals surface area contributed by atoms with E-state index in [0.717, 1.165) is 4.48 Å². The van der Waals surface area contributed by atoms with E-state index < -0.39 is 0 Å². The average Bonchev–Trinajstić information content (AvgIpc) is 2.97. The SMILES string of the molecule is BrC1=Cc2c(ccc3c4ccccc4n(-c4ccccc4)c23)C=[C+]1. The van der Waals surface area contributed by atoms with Gasteiger partial charge in [-0.25, -0.2) is 0 Å². The Balaban J connectivity index is 2.04. The summed E-state index contributed by atoms with van der Waals surface area (Å²) in [5, 5.41) is 2.56. The summed E-state index contributed by atoms with van der Waals surface area (Å²) in [4.78, 5) is 0. The minimum absolute atomic E-state index is 0.979. The summed E-state index contributed by atoms with van der Waals surface area (Å²) in [5.74, 6) is 0. The van der Waals surface area contributed by atoms with Crippen LogP contribution in [0.15, 0.2) is 71.2 Å². The molecular weight excluding hydrogens is 358 g/mol. The fourth-order valence-electron chi connectivity index (χ4n) is 3.54. The number of halogens is 1. The van der Waals surface area contributed by atoms with Crippen LogP contribution in [0.5, 0.6) is 0 Å². The van der Waals surface area contributed by atoms with Gasteiger partial charge in [0.15, 0.2) is 4.48 Å². The highest BCUT2D eigenvalue weighted by molar-refractivity contribution is 9.12. The number of hydrogen-bond donors (Lipinski definition) is 0. The van der Waals surface area contributed by atoms with Crippen molar-refractivity contribution in [2.24, 2.45) is 0 Å². The van der Waals surface area contributed by atoms with E-state index in [9.17, 15) is 0 Å². The van der Waals surface area contributed by atoms with Crippen molar-refractivity contribution in [1.29, 1.82) is 0 Å². The molecule has 1 heterocycles. The fourth-order valence-corrected chi connectivity index (χ4v) is 3.88. The van der Waals surface area contributed by atoms with Crippen molar-refractivity contribution in [3.63, 3.8) is 0 Å². The van der Waals surface area contributed by atoms with E-state index >= 15 is 0 Å². The van der Waals surface area contributed by atoms with E-state index in [4.69, 9.17) is 0 Å². The molecule has 0 saturated carbocycles. The Labute approximate surface area is 148 Å². The highest BCUT2D eigenvalue weighted by Gasteiger charge is 2.22. The van der Waals surface area contributed by atoms with Crippen molar-refractivity contribution in [3.8, 4) is 5.69 Å². The molecule has 0 radical (unpaired) electrons. The van der Waals surface area contributed by atoms with Gasteiger partial charge in [-0.3, -0.25) is 0 Å². The molecule has 4 aromatic rings. The predicted octanol–water partition coefficient (Wildman–Crippen LogP) is 6.35. The van der Waals surface area contributed by atoms with Crippen molar-refractivity contribution < 1.29 is 0 Å². The Morgan fingerprint density at radius 2 is 1.58 bits per heavy atom. The number of allylic oxidation sites excluding steroid dienone is 2. The monoisotopic (exact) mass is 370 g/mol. The third-order valence-electron chi connectivity index (χ3n) is 4.56. The highest BCUT2D eigenvalue weighted by atomic mass is 79.9. The first-order chi connectivity index (χ1) is 11.8. The van der Waals surface area contributed by atoms with Gasteiger partial charge in [-0.15, -0.1) is 0 Å². The Morgan fingerprint density at radius 3 is 2.46 bits per heavy atom. The third-order valence-corrected chi connectivity index (χ3v) is 5.02. The smallest absolute Gasteiger partial charge is 0.181 e. The molecule has 1 aliphatic carbocycles. The zero-order valence-electron chi connectivity index (χ0n) is 12.8. The molecule has 0 bridgehead atoms. The molecule has 0 N–H and O–H groups in total. The predicted molar refractivity (Wildman–Crippen MR) is 105 cm³/mol. The van der Waals surface area contributed by atoms with E-state index in [1.807, 2.05) is 6.08 Å². The first-order valence-electron chi connectivity index (χ1n) is 7.91. The van der Waals surface area contributed by atoms with Crippen LogP contribution in [0.3, 0.4) is 0 Å². The van der Waals surface area contributed by atoms with Crippen molar-refractivity contribution in [2.45, 2.75) is 0 Å². The van der Waals surface area contributed by atoms with Crippen LogP contribution in [0.2, 0.25) is 0 Å². The van der Waals surface area contributed by atoms with E-state index in [1.54, 1.807) is 0 Å². The fraction of sp³-hybridized carbons (Fsp3) is 0. The van der Waals surface area contributed by atoms with Crippen LogP contribution < -0.4 is 0 Å². The lowest BCUT2D eigenvalue weighted by Crippen LogP contribution is -1.97. The van der Waals surface area contributed by atoms with Gasteiger partial charge in [0.05, 0.1) is 28.7 Å². The van der Waals surface area contributed by atoms with Crippen molar-refractivity contribution in [1.82, 2.24) is 4.57 Å². The number of aromatic nitrogens is 1. The topological polar surface area (TPSA) is 4.93 Å². The van der Waals surface area contributed by atoms with Crippen LogP contribution in [0.1, 0.15) is 11.1 Å². The molecule has 112 valence electrons. The first kappa shape index (κ1) is 13.7. The standard InChI is InChI=1S/C22H13BrN/c23-16-12-10-15-11-13-19-18-8-4-5-9-21(18)24(22(19)20(15)14-16)17-6-2-1-3-7-17/h1-11,13-14H/q+1. The molecule has 1 aliphatic rings. The van der Waals surface area contributed by atoms with E-state index in [-0.39, 0.29) is 0 Å². The van der Waals surface area contributed by atoms with Gasteiger partial charge in [0.1, 0.15) is 11.6 Å². The summed E-state index contributed by atoms with van der Waals surface area (Å²) in [6.07, 6.45) is 7.45. The van der Waals surface area contributed by atoms with Gasteiger partial charge in [-0.05, 0) is 40.2 Å². The molecule has 0 fully saturated rings. The lowest BCUT2D eigenvalue weighted by Gasteiger charge is -2.09. The normalized spacial score (nSPS) is 13.0.